The molecule has 3 rings (SSSR count). The summed E-state index contributed by atoms with van der Waals surface area (Å²) in [5, 5.41) is 0.741. The molecule has 26 heavy (non-hydrogen) atoms. The summed E-state index contributed by atoms with van der Waals surface area (Å²) in [6.45, 7) is 2.81. The predicted molar refractivity (Wildman–Crippen MR) is 104 cm³/mol. The Morgan fingerprint density at radius 3 is 2.54 bits per heavy atom. The molecule has 0 radical (unpaired) electrons. The fourth-order valence-corrected chi connectivity index (χ4v) is 4.45. The second-order valence-corrected chi connectivity index (χ2v) is 7.91. The van der Waals surface area contributed by atoms with E-state index in [1.165, 1.54) is 12.1 Å². The van der Waals surface area contributed by atoms with Crippen LogP contribution >= 0.6 is 12.4 Å². The van der Waals surface area contributed by atoms with Gasteiger partial charge in [0.25, 0.3) is 0 Å². The maximum absolute atomic E-state index is 12.9. The van der Waals surface area contributed by atoms with Gasteiger partial charge in [0.05, 0.1) is 17.9 Å². The molecule has 0 amide bonds. The topological polar surface area (TPSA) is 42.4 Å². The van der Waals surface area contributed by atoms with Gasteiger partial charge in [-0.2, -0.15) is 0 Å². The Hall–Kier alpha value is -1.50. The summed E-state index contributed by atoms with van der Waals surface area (Å²) in [7, 11) is 0.465. The van der Waals surface area contributed by atoms with Gasteiger partial charge in [-0.05, 0) is 56.1 Å². The summed E-state index contributed by atoms with van der Waals surface area (Å²) in [4.78, 5) is 6.69. The first kappa shape index (κ1) is 20.8. The number of likely N-dealkylation sites (tertiary alicyclic amines) is 1. The number of nitrogens with zero attached hydrogens (tertiary/aromatic N) is 2. The molecule has 4 nitrogen and oxygen atoms in total. The fourth-order valence-electron chi connectivity index (χ4n) is 3.08. The van der Waals surface area contributed by atoms with Crippen LogP contribution in [-0.4, -0.2) is 46.1 Å². The van der Waals surface area contributed by atoms with Gasteiger partial charge in [-0.1, -0.05) is 18.2 Å². The van der Waals surface area contributed by atoms with Crippen molar-refractivity contribution < 1.29 is 13.3 Å². The molecule has 2 heterocycles. The van der Waals surface area contributed by atoms with E-state index in [-0.39, 0.29) is 23.5 Å². The van der Waals surface area contributed by atoms with Crippen molar-refractivity contribution >= 4 is 23.2 Å². The summed E-state index contributed by atoms with van der Waals surface area (Å²) < 4.78 is 30.8. The molecule has 0 bridgehead atoms. The highest BCUT2D eigenvalue weighted by molar-refractivity contribution is 7.85. The van der Waals surface area contributed by atoms with Gasteiger partial charge in [-0.25, -0.2) is 9.37 Å². The summed E-state index contributed by atoms with van der Waals surface area (Å²) in [5.74, 6) is 0.306. The number of rotatable bonds is 6. The van der Waals surface area contributed by atoms with Crippen LogP contribution < -0.4 is 4.74 Å². The number of hydrogen-bond acceptors (Lipinski definition) is 4. The van der Waals surface area contributed by atoms with Crippen LogP contribution in [0.3, 0.4) is 0 Å². The molecule has 1 atom stereocenters. The maximum atomic E-state index is 12.9. The zero-order chi connectivity index (χ0) is 17.6. The SMILES string of the molecule is COc1cccc(S(=O)C2CCN(CCc3ccc(F)cc3)CC2)n1.Cl. The van der Waals surface area contributed by atoms with Gasteiger partial charge in [0.2, 0.25) is 5.88 Å². The Balaban J connectivity index is 0.00000243. The molecule has 0 saturated carbocycles. The molecular weight excluding hydrogens is 375 g/mol. The van der Waals surface area contributed by atoms with Crippen LogP contribution in [-0.2, 0) is 17.2 Å². The Kier molecular flexibility index (Phi) is 8.00. The summed E-state index contributed by atoms with van der Waals surface area (Å²) in [5.41, 5.74) is 1.15. The van der Waals surface area contributed by atoms with E-state index in [1.807, 2.05) is 18.2 Å². The van der Waals surface area contributed by atoms with Crippen molar-refractivity contribution in [3.05, 3.63) is 53.8 Å². The van der Waals surface area contributed by atoms with Crippen LogP contribution in [0.4, 0.5) is 4.39 Å². The Morgan fingerprint density at radius 2 is 1.88 bits per heavy atom. The van der Waals surface area contributed by atoms with Crippen LogP contribution in [0.5, 0.6) is 5.88 Å². The second-order valence-electron chi connectivity index (χ2n) is 6.23. The van der Waals surface area contributed by atoms with Gasteiger partial charge in [0.1, 0.15) is 10.8 Å². The lowest BCUT2D eigenvalue weighted by Crippen LogP contribution is -2.38. The standard InChI is InChI=1S/C19H23FN2O2S.ClH/c1-24-18-3-2-4-19(21-18)25(23)17-10-13-22(14-11-17)12-9-15-5-7-16(20)8-6-15;/h2-8,17H,9-14H2,1H3;1H. The minimum Gasteiger partial charge on any atom is -0.481 e. The highest BCUT2D eigenvalue weighted by Gasteiger charge is 2.25. The first-order valence-electron chi connectivity index (χ1n) is 8.54. The number of pyridine rings is 1. The van der Waals surface area contributed by atoms with Gasteiger partial charge >= 0.3 is 0 Å². The van der Waals surface area contributed by atoms with Crippen LogP contribution in [0.15, 0.2) is 47.5 Å². The van der Waals surface area contributed by atoms with E-state index in [0.29, 0.717) is 10.9 Å². The number of benzene rings is 1. The largest absolute Gasteiger partial charge is 0.481 e. The van der Waals surface area contributed by atoms with Crippen molar-refractivity contribution in [2.24, 2.45) is 0 Å². The highest BCUT2D eigenvalue weighted by atomic mass is 35.5. The molecule has 1 unspecified atom stereocenters. The van der Waals surface area contributed by atoms with E-state index in [9.17, 15) is 8.60 Å². The van der Waals surface area contributed by atoms with E-state index in [2.05, 4.69) is 9.88 Å². The first-order chi connectivity index (χ1) is 12.2. The Labute approximate surface area is 162 Å². The zero-order valence-corrected chi connectivity index (χ0v) is 16.4. The van der Waals surface area contributed by atoms with Crippen molar-refractivity contribution in [3.63, 3.8) is 0 Å². The molecule has 1 aromatic carbocycles. The normalized spacial score (nSPS) is 16.7. The minimum atomic E-state index is -1.10. The number of aromatic nitrogens is 1. The number of hydrogen-bond donors (Lipinski definition) is 0. The number of ether oxygens (including phenoxy) is 1. The lowest BCUT2D eigenvalue weighted by atomic mass is 10.1. The molecule has 0 N–H and O–H groups in total. The number of piperidine rings is 1. The predicted octanol–water partition coefficient (Wildman–Crippen LogP) is 3.47. The average Bonchev–Trinajstić information content (AvgIpc) is 2.67. The smallest absolute Gasteiger partial charge is 0.214 e. The monoisotopic (exact) mass is 398 g/mol. The van der Waals surface area contributed by atoms with E-state index in [1.54, 1.807) is 19.2 Å². The molecule has 0 aliphatic carbocycles. The zero-order valence-electron chi connectivity index (χ0n) is 14.8. The molecule has 7 heteroatoms. The molecule has 1 saturated heterocycles. The summed E-state index contributed by atoms with van der Waals surface area (Å²) in [6.07, 6.45) is 2.70. The van der Waals surface area contributed by atoms with Gasteiger partial charge < -0.3 is 9.64 Å². The van der Waals surface area contributed by atoms with Gasteiger partial charge in [0, 0.05) is 17.9 Å². The fraction of sp³-hybridized carbons (Fsp3) is 0.421. The highest BCUT2D eigenvalue weighted by Crippen LogP contribution is 2.21. The van der Waals surface area contributed by atoms with Crippen LogP contribution in [0, 0.1) is 5.82 Å². The molecule has 1 aliphatic heterocycles. The van der Waals surface area contributed by atoms with E-state index >= 15 is 0 Å². The third-order valence-corrected chi connectivity index (χ3v) is 6.30. The van der Waals surface area contributed by atoms with Crippen molar-refractivity contribution in [2.75, 3.05) is 26.7 Å². The number of halogens is 2. The lowest BCUT2D eigenvalue weighted by molar-refractivity contribution is 0.234. The first-order valence-corrected chi connectivity index (χ1v) is 9.75. The van der Waals surface area contributed by atoms with E-state index < -0.39 is 10.8 Å². The summed E-state index contributed by atoms with van der Waals surface area (Å²) in [6, 6.07) is 12.1. The minimum absolute atomic E-state index is 0. The van der Waals surface area contributed by atoms with Crippen LogP contribution in [0.2, 0.25) is 0 Å². The molecule has 2 aromatic rings. The third kappa shape index (κ3) is 5.50. The molecule has 1 aromatic heterocycles. The Morgan fingerprint density at radius 1 is 1.19 bits per heavy atom. The van der Waals surface area contributed by atoms with Crippen molar-refractivity contribution in [3.8, 4) is 5.88 Å². The molecule has 1 fully saturated rings. The van der Waals surface area contributed by atoms with Crippen LogP contribution in [0.1, 0.15) is 18.4 Å². The van der Waals surface area contributed by atoms with E-state index in [0.717, 1.165) is 44.5 Å². The van der Waals surface area contributed by atoms with Crippen molar-refractivity contribution in [2.45, 2.75) is 29.5 Å². The molecule has 1 aliphatic rings. The third-order valence-electron chi connectivity index (χ3n) is 4.58. The summed E-state index contributed by atoms with van der Waals surface area (Å²) >= 11 is 0. The average molecular weight is 399 g/mol. The van der Waals surface area contributed by atoms with Crippen LogP contribution in [0.25, 0.3) is 0 Å². The second kappa shape index (κ2) is 10.00. The molecular formula is C19H24ClFN2O2S. The maximum Gasteiger partial charge on any atom is 0.214 e. The lowest BCUT2D eigenvalue weighted by Gasteiger charge is -2.31. The quantitative estimate of drug-likeness (QED) is 0.747. The molecule has 142 valence electrons. The van der Waals surface area contributed by atoms with Crippen molar-refractivity contribution in [1.82, 2.24) is 9.88 Å². The van der Waals surface area contributed by atoms with Gasteiger partial charge in [-0.15, -0.1) is 12.4 Å². The van der Waals surface area contributed by atoms with Gasteiger partial charge in [-0.3, -0.25) is 4.21 Å². The Bertz CT molecular complexity index is 722. The van der Waals surface area contributed by atoms with Crippen molar-refractivity contribution in [1.29, 1.82) is 0 Å². The molecule has 0 spiro atoms. The number of methoxy groups -OCH3 is 1. The van der Waals surface area contributed by atoms with Gasteiger partial charge in [0.15, 0.2) is 0 Å². The van der Waals surface area contributed by atoms with E-state index in [4.69, 9.17) is 4.74 Å².